The molecule has 4 heteroatoms. The van der Waals surface area contributed by atoms with E-state index in [1.807, 2.05) is 31.3 Å². The summed E-state index contributed by atoms with van der Waals surface area (Å²) in [5.74, 6) is -0.0561. The molecule has 0 saturated heterocycles. The molecule has 3 nitrogen and oxygen atoms in total. The van der Waals surface area contributed by atoms with E-state index in [0.717, 1.165) is 35.2 Å². The van der Waals surface area contributed by atoms with Gasteiger partial charge in [0.2, 0.25) is 5.69 Å². The zero-order valence-corrected chi connectivity index (χ0v) is 20.5. The number of nitrogens with zero attached hydrogens (tertiary/aromatic N) is 1. The maximum Gasteiger partial charge on any atom is 1.00 e. The van der Waals surface area contributed by atoms with Gasteiger partial charge in [-0.05, 0) is 37.1 Å². The molecule has 0 fully saturated rings. The fourth-order valence-corrected chi connectivity index (χ4v) is 2.46. The maximum absolute atomic E-state index is 11.9. The third-order valence-corrected chi connectivity index (χ3v) is 3.64. The third kappa shape index (κ3) is 5.31. The molecule has 0 aliphatic rings. The van der Waals surface area contributed by atoms with Gasteiger partial charge in [-0.1, -0.05) is 43.7 Å². The molecule has 1 aromatic heterocycles. The zero-order chi connectivity index (χ0) is 15.9. The molecule has 1 N–H and O–H groups in total. The van der Waals surface area contributed by atoms with Crippen LogP contribution in [0.2, 0.25) is 0 Å². The summed E-state index contributed by atoms with van der Waals surface area (Å²) in [7, 11) is 0. The van der Waals surface area contributed by atoms with Crippen LogP contribution in [0.1, 0.15) is 37.9 Å². The zero-order valence-electron chi connectivity index (χ0n) is 14.2. The van der Waals surface area contributed by atoms with Crippen molar-refractivity contribution in [3.8, 4) is 16.9 Å². The Hall–Kier alpha value is -0.368. The molecule has 0 amide bonds. The van der Waals surface area contributed by atoms with Crippen LogP contribution in [-0.2, 0) is 6.42 Å². The van der Waals surface area contributed by atoms with Gasteiger partial charge in [-0.3, -0.25) is 4.98 Å². The van der Waals surface area contributed by atoms with Crippen molar-refractivity contribution in [2.45, 2.75) is 33.1 Å². The number of unbranched alkanes of at least 4 members (excludes halogenated alkanes) is 1. The van der Waals surface area contributed by atoms with Crippen molar-refractivity contribution in [3.05, 3.63) is 47.8 Å². The molecular formula is C19H22CsN2O+. The molecular weight excluding hydrogens is 405 g/mol. The topological polar surface area (TPSA) is 49.9 Å². The van der Waals surface area contributed by atoms with Gasteiger partial charge in [0.15, 0.2) is 0 Å². The average molecular weight is 427 g/mol. The van der Waals surface area contributed by atoms with Gasteiger partial charge in [-0.25, -0.2) is 4.99 Å². The normalized spacial score (nSPS) is 10.5. The Kier molecular flexibility index (Phi) is 9.43. The molecule has 1 heterocycles. The molecule has 0 bridgehead atoms. The van der Waals surface area contributed by atoms with Crippen LogP contribution in [0.15, 0.2) is 36.5 Å². The standard InChI is InChI=1S/C19H22N2O.Cs/c1-4-6-8-15-10-9-14(13-21-15)16-11-12-18(22)19(20-3)17(16)7-5-2;/h5,7,9-13,22H,3-4,6,8H2,1-2H3;/q;+1/b7-5-;. The number of aryl methyl sites for hydroxylation is 1. The fraction of sp³-hybridized carbons (Fsp3) is 0.263. The summed E-state index contributed by atoms with van der Waals surface area (Å²) >= 11 is 0. The van der Waals surface area contributed by atoms with E-state index in [0.29, 0.717) is 5.69 Å². The van der Waals surface area contributed by atoms with Crippen LogP contribution in [-0.4, -0.2) is 11.7 Å². The second kappa shape index (κ2) is 10.5. The summed E-state index contributed by atoms with van der Waals surface area (Å²) < 4.78 is 0. The summed E-state index contributed by atoms with van der Waals surface area (Å²) in [6.07, 6.45) is 9.04. The van der Waals surface area contributed by atoms with Crippen LogP contribution in [0.3, 0.4) is 0 Å². The molecule has 0 aliphatic heterocycles. The molecule has 0 radical (unpaired) electrons. The monoisotopic (exact) mass is 427 g/mol. The number of rotatable bonds is 6. The van der Waals surface area contributed by atoms with Crippen molar-refractivity contribution in [2.75, 3.05) is 0 Å². The van der Waals surface area contributed by atoms with Crippen molar-refractivity contribution in [2.24, 2.45) is 0 Å². The number of pyridine rings is 1. The number of aromatic nitrogens is 1. The van der Waals surface area contributed by atoms with E-state index in [2.05, 4.69) is 35.8 Å². The third-order valence-electron chi connectivity index (χ3n) is 3.64. The first kappa shape index (κ1) is 20.7. The number of hydrogen-bond acceptors (Lipinski definition) is 2. The minimum absolute atomic E-state index is 0. The van der Waals surface area contributed by atoms with Gasteiger partial charge < -0.3 is 5.11 Å². The minimum atomic E-state index is -0.0561. The first-order valence-electron chi connectivity index (χ1n) is 7.66. The Morgan fingerprint density at radius 1 is 1.26 bits per heavy atom. The van der Waals surface area contributed by atoms with Crippen LogP contribution in [0.5, 0.6) is 5.75 Å². The van der Waals surface area contributed by atoms with E-state index in [4.69, 9.17) is 0 Å². The summed E-state index contributed by atoms with van der Waals surface area (Å²) in [4.78, 5) is 7.30. The van der Waals surface area contributed by atoms with Crippen molar-refractivity contribution in [3.63, 3.8) is 0 Å². The predicted molar refractivity (Wildman–Crippen MR) is 90.2 cm³/mol. The van der Waals surface area contributed by atoms with Crippen LogP contribution in [0.4, 0.5) is 5.69 Å². The first-order chi connectivity index (χ1) is 10.7. The predicted octanol–water partition coefficient (Wildman–Crippen LogP) is -0.385. The quantitative estimate of drug-likeness (QED) is 0.639. The molecule has 0 saturated carbocycles. The molecule has 1 aromatic carbocycles. The molecule has 2 aromatic rings. The smallest absolute Gasteiger partial charge is 0.868 e. The molecule has 0 atom stereocenters. The van der Waals surface area contributed by atoms with Crippen molar-refractivity contribution >= 4 is 18.5 Å². The molecule has 0 aliphatic carbocycles. The summed E-state index contributed by atoms with van der Waals surface area (Å²) in [6.45, 7) is 7.75. The Balaban J connectivity index is 0.00000264. The molecule has 23 heavy (non-hydrogen) atoms. The first-order valence-corrected chi connectivity index (χ1v) is 7.66. The van der Waals surface area contributed by atoms with Gasteiger partial charge in [0, 0.05) is 17.5 Å². The van der Waals surface area contributed by atoms with E-state index in [-0.39, 0.29) is 74.6 Å². The van der Waals surface area contributed by atoms with Gasteiger partial charge >= 0.3 is 68.9 Å². The van der Waals surface area contributed by atoms with Gasteiger partial charge in [0.1, 0.15) is 6.72 Å². The summed E-state index contributed by atoms with van der Waals surface area (Å²) in [5.41, 5.74) is 4.47. The average Bonchev–Trinajstić information content (AvgIpc) is 2.54. The van der Waals surface area contributed by atoms with E-state index in [9.17, 15) is 5.11 Å². The van der Waals surface area contributed by atoms with E-state index < -0.39 is 0 Å². The number of allylic oxidation sites excluding steroid dienone is 1. The van der Waals surface area contributed by atoms with Crippen LogP contribution < -0.4 is 79.0 Å². The largest absolute Gasteiger partial charge is 1.00 e. The summed E-state index contributed by atoms with van der Waals surface area (Å²) in [5, 5.41) is 11.9. The van der Waals surface area contributed by atoms with Crippen LogP contribution in [0, 0.1) is 0 Å². The Morgan fingerprint density at radius 3 is 2.61 bits per heavy atom. The van der Waals surface area contributed by atoms with Gasteiger partial charge in [0.05, 0.1) is 5.56 Å². The van der Waals surface area contributed by atoms with Crippen molar-refractivity contribution < 1.29 is 79.0 Å². The van der Waals surface area contributed by atoms with Crippen LogP contribution in [0.25, 0.3) is 17.2 Å². The van der Waals surface area contributed by atoms with Crippen molar-refractivity contribution in [1.29, 1.82) is 0 Å². The number of hydrogen-bond donors (Lipinski definition) is 1. The summed E-state index contributed by atoms with van der Waals surface area (Å²) in [6, 6.07) is 7.55. The number of benzene rings is 1. The van der Waals surface area contributed by atoms with E-state index in [1.165, 1.54) is 6.42 Å². The minimum Gasteiger partial charge on any atom is -0.868 e. The molecule has 0 unspecified atom stereocenters. The van der Waals surface area contributed by atoms with Crippen molar-refractivity contribution in [1.82, 2.24) is 4.98 Å². The maximum atomic E-state index is 11.9. The van der Waals surface area contributed by atoms with Gasteiger partial charge in [0.25, 0.3) is 0 Å². The van der Waals surface area contributed by atoms with Crippen LogP contribution >= 0.6 is 0 Å². The van der Waals surface area contributed by atoms with Gasteiger partial charge in [-0.15, -0.1) is 0 Å². The molecule has 114 valence electrons. The SMILES string of the molecule is C=[NH+]c1c([O-])ccc(-c2ccc(CCCC)nc2)c1/C=C\C.[Cs+]. The Bertz CT molecular complexity index is 679. The van der Waals surface area contributed by atoms with Gasteiger partial charge in [-0.2, -0.15) is 0 Å². The van der Waals surface area contributed by atoms with E-state index in [1.54, 1.807) is 6.07 Å². The van der Waals surface area contributed by atoms with E-state index >= 15 is 0 Å². The second-order valence-corrected chi connectivity index (χ2v) is 5.22. The molecule has 0 spiro atoms. The Labute approximate surface area is 197 Å². The Morgan fingerprint density at radius 2 is 2.04 bits per heavy atom. The fourth-order valence-electron chi connectivity index (χ4n) is 2.46. The number of nitrogens with one attached hydrogen (secondary N) is 1. The molecule has 2 rings (SSSR count). The second-order valence-electron chi connectivity index (χ2n) is 5.22.